The normalized spacial score (nSPS) is 18.9. The minimum Gasteiger partial charge on any atom is -0.504 e. The summed E-state index contributed by atoms with van der Waals surface area (Å²) in [6.45, 7) is 0.733. The zero-order valence-corrected chi connectivity index (χ0v) is 11.3. The summed E-state index contributed by atoms with van der Waals surface area (Å²) in [5, 5.41) is 18.8. The number of carboxylic acid groups (broad SMARTS) is 1. The maximum atomic E-state index is 12.4. The SMILES string of the molecule is O=C(O)C1CCCN(C(=O)c2cn3cccc(O)c3n2)C1. The third kappa shape index (κ3) is 2.42. The topological polar surface area (TPSA) is 95.1 Å². The van der Waals surface area contributed by atoms with Crippen LogP contribution in [0, 0.1) is 5.92 Å². The highest BCUT2D eigenvalue weighted by Gasteiger charge is 2.29. The molecule has 21 heavy (non-hydrogen) atoms. The van der Waals surface area contributed by atoms with Gasteiger partial charge in [0.25, 0.3) is 5.91 Å². The van der Waals surface area contributed by atoms with Crippen LogP contribution in [0.15, 0.2) is 24.5 Å². The highest BCUT2D eigenvalue weighted by molar-refractivity contribution is 5.93. The molecule has 1 unspecified atom stereocenters. The Labute approximate surface area is 120 Å². The van der Waals surface area contributed by atoms with E-state index in [0.717, 1.165) is 0 Å². The monoisotopic (exact) mass is 289 g/mol. The van der Waals surface area contributed by atoms with Crippen LogP contribution in [0.2, 0.25) is 0 Å². The maximum Gasteiger partial charge on any atom is 0.308 e. The first kappa shape index (κ1) is 13.4. The lowest BCUT2D eigenvalue weighted by molar-refractivity contribution is -0.143. The molecular weight excluding hydrogens is 274 g/mol. The molecule has 1 aliphatic heterocycles. The lowest BCUT2D eigenvalue weighted by Gasteiger charge is -2.30. The number of carboxylic acids is 1. The van der Waals surface area contributed by atoms with E-state index in [1.54, 1.807) is 22.9 Å². The van der Waals surface area contributed by atoms with E-state index in [1.165, 1.54) is 11.0 Å². The number of rotatable bonds is 2. The molecule has 1 saturated heterocycles. The molecule has 7 heteroatoms. The molecule has 2 aromatic heterocycles. The molecule has 0 aliphatic carbocycles. The number of fused-ring (bicyclic) bond motifs is 1. The van der Waals surface area contributed by atoms with Gasteiger partial charge in [-0.2, -0.15) is 0 Å². The third-order valence-corrected chi connectivity index (χ3v) is 3.74. The lowest BCUT2D eigenvalue weighted by Crippen LogP contribution is -2.42. The number of aromatic hydroxyl groups is 1. The van der Waals surface area contributed by atoms with Crippen molar-refractivity contribution < 1.29 is 19.8 Å². The number of likely N-dealkylation sites (tertiary alicyclic amines) is 1. The van der Waals surface area contributed by atoms with E-state index >= 15 is 0 Å². The Morgan fingerprint density at radius 1 is 1.38 bits per heavy atom. The molecule has 2 aromatic rings. The zero-order chi connectivity index (χ0) is 15.0. The number of pyridine rings is 1. The number of hydrogen-bond acceptors (Lipinski definition) is 4. The van der Waals surface area contributed by atoms with Gasteiger partial charge in [0.05, 0.1) is 5.92 Å². The average molecular weight is 289 g/mol. The van der Waals surface area contributed by atoms with Gasteiger partial charge in [0.1, 0.15) is 5.69 Å². The van der Waals surface area contributed by atoms with Gasteiger partial charge in [-0.05, 0) is 25.0 Å². The van der Waals surface area contributed by atoms with Crippen LogP contribution in [0.25, 0.3) is 5.65 Å². The van der Waals surface area contributed by atoms with Crippen LogP contribution >= 0.6 is 0 Å². The Bertz CT molecular complexity index is 709. The molecule has 1 amide bonds. The van der Waals surface area contributed by atoms with Crippen molar-refractivity contribution >= 4 is 17.5 Å². The van der Waals surface area contributed by atoms with Crippen molar-refractivity contribution in [2.75, 3.05) is 13.1 Å². The molecule has 2 N–H and O–H groups in total. The van der Waals surface area contributed by atoms with Crippen LogP contribution in [-0.2, 0) is 4.79 Å². The first-order valence-electron chi connectivity index (χ1n) is 6.75. The highest BCUT2D eigenvalue weighted by atomic mass is 16.4. The molecule has 3 rings (SSSR count). The van der Waals surface area contributed by atoms with Crippen LogP contribution in [0.4, 0.5) is 0 Å². The number of carbonyl (C=O) groups excluding carboxylic acids is 1. The van der Waals surface area contributed by atoms with Crippen molar-refractivity contribution in [2.45, 2.75) is 12.8 Å². The highest BCUT2D eigenvalue weighted by Crippen LogP contribution is 2.21. The Morgan fingerprint density at radius 2 is 2.19 bits per heavy atom. The van der Waals surface area contributed by atoms with Crippen molar-refractivity contribution in [3.05, 3.63) is 30.2 Å². The summed E-state index contributed by atoms with van der Waals surface area (Å²) in [6.07, 6.45) is 4.49. The number of aliphatic carboxylic acids is 1. The fourth-order valence-electron chi connectivity index (χ4n) is 2.63. The van der Waals surface area contributed by atoms with Crippen LogP contribution in [0.5, 0.6) is 5.75 Å². The van der Waals surface area contributed by atoms with E-state index < -0.39 is 11.9 Å². The van der Waals surface area contributed by atoms with Crippen molar-refractivity contribution in [1.82, 2.24) is 14.3 Å². The average Bonchev–Trinajstić information content (AvgIpc) is 2.92. The second kappa shape index (κ2) is 5.08. The molecule has 1 atom stereocenters. The second-order valence-corrected chi connectivity index (χ2v) is 5.18. The Kier molecular flexibility index (Phi) is 3.25. The molecule has 0 radical (unpaired) electrons. The zero-order valence-electron chi connectivity index (χ0n) is 11.3. The quantitative estimate of drug-likeness (QED) is 0.859. The van der Waals surface area contributed by atoms with E-state index in [9.17, 15) is 14.7 Å². The lowest BCUT2D eigenvalue weighted by atomic mass is 9.98. The predicted octanol–water partition coefficient (Wildman–Crippen LogP) is 0.977. The van der Waals surface area contributed by atoms with Gasteiger partial charge in [0, 0.05) is 25.5 Å². The summed E-state index contributed by atoms with van der Waals surface area (Å²) < 4.78 is 1.57. The van der Waals surface area contributed by atoms with Crippen molar-refractivity contribution in [1.29, 1.82) is 0 Å². The van der Waals surface area contributed by atoms with Crippen molar-refractivity contribution in [2.24, 2.45) is 5.92 Å². The smallest absolute Gasteiger partial charge is 0.308 e. The molecule has 1 fully saturated rings. The van der Waals surface area contributed by atoms with Gasteiger partial charge >= 0.3 is 5.97 Å². The van der Waals surface area contributed by atoms with Crippen LogP contribution in [0.3, 0.4) is 0 Å². The molecule has 0 saturated carbocycles. The number of nitrogens with zero attached hydrogens (tertiary/aromatic N) is 3. The molecule has 1 aliphatic rings. The number of aromatic nitrogens is 2. The van der Waals surface area contributed by atoms with Crippen LogP contribution < -0.4 is 0 Å². The third-order valence-electron chi connectivity index (χ3n) is 3.74. The summed E-state index contributed by atoms with van der Waals surface area (Å²) in [5.41, 5.74) is 0.523. The maximum absolute atomic E-state index is 12.4. The van der Waals surface area contributed by atoms with Crippen LogP contribution in [0.1, 0.15) is 23.3 Å². The van der Waals surface area contributed by atoms with Gasteiger partial charge < -0.3 is 19.5 Å². The first-order chi connectivity index (χ1) is 10.1. The Balaban J connectivity index is 1.86. The summed E-state index contributed by atoms with van der Waals surface area (Å²) in [4.78, 5) is 29.1. The molecule has 3 heterocycles. The van der Waals surface area contributed by atoms with Crippen molar-refractivity contribution in [3.8, 4) is 5.75 Å². The Morgan fingerprint density at radius 3 is 2.90 bits per heavy atom. The number of carbonyl (C=O) groups is 2. The minimum absolute atomic E-state index is 0.00129. The van der Waals surface area contributed by atoms with Gasteiger partial charge in [-0.15, -0.1) is 0 Å². The summed E-state index contributed by atoms with van der Waals surface area (Å²) >= 11 is 0. The molecule has 0 aromatic carbocycles. The van der Waals surface area contributed by atoms with E-state index in [4.69, 9.17) is 5.11 Å². The van der Waals surface area contributed by atoms with Gasteiger partial charge in [-0.3, -0.25) is 9.59 Å². The number of amides is 1. The van der Waals surface area contributed by atoms with E-state index in [2.05, 4.69) is 4.98 Å². The minimum atomic E-state index is -0.875. The van der Waals surface area contributed by atoms with Gasteiger partial charge in [-0.25, -0.2) is 4.98 Å². The van der Waals surface area contributed by atoms with Gasteiger partial charge in [-0.1, -0.05) is 0 Å². The molecule has 0 spiro atoms. The summed E-state index contributed by atoms with van der Waals surface area (Å²) in [5.74, 6) is -1.70. The molecule has 110 valence electrons. The fourth-order valence-corrected chi connectivity index (χ4v) is 2.63. The summed E-state index contributed by atoms with van der Waals surface area (Å²) in [6, 6.07) is 3.15. The number of piperidine rings is 1. The first-order valence-corrected chi connectivity index (χ1v) is 6.75. The van der Waals surface area contributed by atoms with Crippen LogP contribution in [-0.4, -0.2) is 49.5 Å². The fraction of sp³-hybridized carbons (Fsp3) is 0.357. The van der Waals surface area contributed by atoms with Crippen molar-refractivity contribution in [3.63, 3.8) is 0 Å². The van der Waals surface area contributed by atoms with E-state index in [1.807, 2.05) is 0 Å². The number of hydrogen-bond donors (Lipinski definition) is 2. The summed E-state index contributed by atoms with van der Waals surface area (Å²) in [7, 11) is 0. The van der Waals surface area contributed by atoms with Gasteiger partial charge in [0.15, 0.2) is 11.4 Å². The van der Waals surface area contributed by atoms with E-state index in [-0.39, 0.29) is 23.9 Å². The van der Waals surface area contributed by atoms with Gasteiger partial charge in [0.2, 0.25) is 0 Å². The molecule has 0 bridgehead atoms. The predicted molar refractivity (Wildman–Crippen MR) is 73.1 cm³/mol. The second-order valence-electron chi connectivity index (χ2n) is 5.18. The van der Waals surface area contributed by atoms with E-state index in [0.29, 0.717) is 25.0 Å². The largest absolute Gasteiger partial charge is 0.504 e. The Hall–Kier alpha value is -2.57. The number of imidazole rings is 1. The molecular formula is C14H15N3O4. The molecule has 7 nitrogen and oxygen atoms in total. The standard InChI is InChI=1S/C14H15N3O4/c18-11-4-2-5-16-8-10(15-12(11)16)13(19)17-6-1-3-9(7-17)14(20)21/h2,4-5,8-9,18H,1,3,6-7H2,(H,20,21).